The molecule has 1 aromatic carbocycles. The standard InChI is InChI=1S/C15H18N2O3/c1-4-10-17-12(8-9-16-17)14(18)11-6-5-7-13(19-2)15(11)20-3/h5-9H,4,10H2,1-3H3. The van der Waals surface area contributed by atoms with Crippen molar-refractivity contribution in [1.82, 2.24) is 9.78 Å². The molecule has 0 N–H and O–H groups in total. The molecule has 0 saturated heterocycles. The second kappa shape index (κ2) is 6.23. The van der Waals surface area contributed by atoms with Crippen LogP contribution in [0.25, 0.3) is 0 Å². The lowest BCUT2D eigenvalue weighted by atomic mass is 10.1. The van der Waals surface area contributed by atoms with Gasteiger partial charge in [0.1, 0.15) is 5.69 Å². The molecule has 0 bridgehead atoms. The van der Waals surface area contributed by atoms with Gasteiger partial charge in [0.25, 0.3) is 0 Å². The summed E-state index contributed by atoms with van der Waals surface area (Å²) < 4.78 is 12.2. The predicted molar refractivity (Wildman–Crippen MR) is 75.5 cm³/mol. The summed E-state index contributed by atoms with van der Waals surface area (Å²) in [6.45, 7) is 2.75. The van der Waals surface area contributed by atoms with Crippen molar-refractivity contribution in [2.24, 2.45) is 0 Å². The lowest BCUT2D eigenvalue weighted by molar-refractivity contribution is 0.102. The Morgan fingerprint density at radius 3 is 2.70 bits per heavy atom. The van der Waals surface area contributed by atoms with Crippen molar-refractivity contribution in [3.8, 4) is 11.5 Å². The third-order valence-corrected chi connectivity index (χ3v) is 3.03. The van der Waals surface area contributed by atoms with Gasteiger partial charge in [-0.2, -0.15) is 5.10 Å². The minimum Gasteiger partial charge on any atom is -0.493 e. The topological polar surface area (TPSA) is 53.4 Å². The number of nitrogens with zero attached hydrogens (tertiary/aromatic N) is 2. The maximum atomic E-state index is 12.7. The van der Waals surface area contributed by atoms with Gasteiger partial charge in [0.15, 0.2) is 11.5 Å². The highest BCUT2D eigenvalue weighted by molar-refractivity contribution is 6.10. The van der Waals surface area contributed by atoms with Crippen molar-refractivity contribution in [3.05, 3.63) is 41.7 Å². The summed E-state index contributed by atoms with van der Waals surface area (Å²) in [5, 5.41) is 4.17. The zero-order valence-electron chi connectivity index (χ0n) is 11.9. The second-order valence-corrected chi connectivity index (χ2v) is 4.31. The van der Waals surface area contributed by atoms with E-state index >= 15 is 0 Å². The molecule has 0 unspecified atom stereocenters. The van der Waals surface area contributed by atoms with E-state index < -0.39 is 0 Å². The van der Waals surface area contributed by atoms with Crippen molar-refractivity contribution in [2.75, 3.05) is 14.2 Å². The molecule has 20 heavy (non-hydrogen) atoms. The highest BCUT2D eigenvalue weighted by Crippen LogP contribution is 2.32. The fourth-order valence-electron chi connectivity index (χ4n) is 2.12. The molecule has 0 saturated carbocycles. The number of methoxy groups -OCH3 is 2. The number of carbonyl (C=O) groups excluding carboxylic acids is 1. The van der Waals surface area contributed by atoms with E-state index in [-0.39, 0.29) is 5.78 Å². The van der Waals surface area contributed by atoms with Crippen LogP contribution in [0.5, 0.6) is 11.5 Å². The van der Waals surface area contributed by atoms with Crippen LogP contribution in [-0.4, -0.2) is 29.8 Å². The van der Waals surface area contributed by atoms with Crippen molar-refractivity contribution >= 4 is 5.78 Å². The molecule has 5 nitrogen and oxygen atoms in total. The first-order chi connectivity index (χ1) is 9.72. The van der Waals surface area contributed by atoms with E-state index in [1.54, 1.807) is 42.3 Å². The van der Waals surface area contributed by atoms with Gasteiger partial charge in [-0.3, -0.25) is 9.48 Å². The van der Waals surface area contributed by atoms with Gasteiger partial charge in [-0.1, -0.05) is 13.0 Å². The van der Waals surface area contributed by atoms with Crippen LogP contribution in [0.4, 0.5) is 0 Å². The van der Waals surface area contributed by atoms with Gasteiger partial charge in [0.2, 0.25) is 5.78 Å². The predicted octanol–water partition coefficient (Wildman–Crippen LogP) is 2.54. The Balaban J connectivity index is 2.45. The monoisotopic (exact) mass is 274 g/mol. The third kappa shape index (κ3) is 2.52. The molecular formula is C15H18N2O3. The second-order valence-electron chi connectivity index (χ2n) is 4.31. The van der Waals surface area contributed by atoms with Gasteiger partial charge in [0, 0.05) is 12.7 Å². The van der Waals surface area contributed by atoms with Crippen LogP contribution in [0.3, 0.4) is 0 Å². The molecule has 0 fully saturated rings. The number of hydrogen-bond donors (Lipinski definition) is 0. The van der Waals surface area contributed by atoms with Crippen LogP contribution in [0.2, 0.25) is 0 Å². The lowest BCUT2D eigenvalue weighted by Crippen LogP contribution is -2.12. The highest BCUT2D eigenvalue weighted by Gasteiger charge is 2.20. The molecule has 2 rings (SSSR count). The Bertz CT molecular complexity index is 605. The summed E-state index contributed by atoms with van der Waals surface area (Å²) in [6, 6.07) is 6.98. The molecule has 0 spiro atoms. The zero-order valence-corrected chi connectivity index (χ0v) is 11.9. The Labute approximate surface area is 118 Å². The number of aryl methyl sites for hydroxylation is 1. The van der Waals surface area contributed by atoms with Gasteiger partial charge >= 0.3 is 0 Å². The van der Waals surface area contributed by atoms with E-state index in [1.165, 1.54) is 7.11 Å². The van der Waals surface area contributed by atoms with Crippen molar-refractivity contribution < 1.29 is 14.3 Å². The summed E-state index contributed by atoms with van der Waals surface area (Å²) in [5.41, 5.74) is 1.03. The van der Waals surface area contributed by atoms with E-state index in [0.717, 1.165) is 6.42 Å². The number of hydrogen-bond acceptors (Lipinski definition) is 4. The van der Waals surface area contributed by atoms with Crippen molar-refractivity contribution in [2.45, 2.75) is 19.9 Å². The smallest absolute Gasteiger partial charge is 0.214 e. The fraction of sp³-hybridized carbons (Fsp3) is 0.333. The Morgan fingerprint density at radius 2 is 2.05 bits per heavy atom. The molecular weight excluding hydrogens is 256 g/mol. The molecule has 1 aromatic heterocycles. The number of aromatic nitrogens is 2. The number of rotatable bonds is 6. The van der Waals surface area contributed by atoms with Crippen molar-refractivity contribution in [1.29, 1.82) is 0 Å². The Hall–Kier alpha value is -2.30. The summed E-state index contributed by atoms with van der Waals surface area (Å²) >= 11 is 0. The van der Waals surface area contributed by atoms with E-state index in [1.807, 2.05) is 6.92 Å². The van der Waals surface area contributed by atoms with Crippen LogP contribution in [0.1, 0.15) is 29.4 Å². The lowest BCUT2D eigenvalue weighted by Gasteiger charge is -2.12. The van der Waals surface area contributed by atoms with E-state index in [9.17, 15) is 4.79 Å². The van der Waals surface area contributed by atoms with Gasteiger partial charge in [-0.15, -0.1) is 0 Å². The molecule has 0 atom stereocenters. The van der Waals surface area contributed by atoms with Gasteiger partial charge in [-0.05, 0) is 24.6 Å². The van der Waals surface area contributed by atoms with Crippen LogP contribution in [-0.2, 0) is 6.54 Å². The largest absolute Gasteiger partial charge is 0.493 e. The zero-order chi connectivity index (χ0) is 14.5. The van der Waals surface area contributed by atoms with Gasteiger partial charge in [-0.25, -0.2) is 0 Å². The van der Waals surface area contributed by atoms with Gasteiger partial charge in [0.05, 0.1) is 19.8 Å². The maximum Gasteiger partial charge on any atom is 0.214 e. The average Bonchev–Trinajstić information content (AvgIpc) is 2.94. The number of ether oxygens (including phenoxy) is 2. The molecule has 106 valence electrons. The summed E-state index contributed by atoms with van der Waals surface area (Å²) in [5.74, 6) is 0.871. The SMILES string of the molecule is CCCn1nccc1C(=O)c1cccc(OC)c1OC. The molecule has 0 aliphatic heterocycles. The minimum atomic E-state index is -0.119. The minimum absolute atomic E-state index is 0.119. The molecule has 0 aliphatic rings. The molecule has 2 aromatic rings. The molecule has 1 heterocycles. The summed E-state index contributed by atoms with van der Waals surface area (Å²) in [4.78, 5) is 12.7. The highest BCUT2D eigenvalue weighted by atomic mass is 16.5. The third-order valence-electron chi connectivity index (χ3n) is 3.03. The maximum absolute atomic E-state index is 12.7. The first-order valence-electron chi connectivity index (χ1n) is 6.50. The number of para-hydroxylation sites is 1. The average molecular weight is 274 g/mol. The normalized spacial score (nSPS) is 10.3. The van der Waals surface area contributed by atoms with Crippen LogP contribution in [0.15, 0.2) is 30.5 Å². The summed E-state index contributed by atoms with van der Waals surface area (Å²) in [7, 11) is 3.07. The number of benzene rings is 1. The van der Waals surface area contributed by atoms with E-state index in [4.69, 9.17) is 9.47 Å². The van der Waals surface area contributed by atoms with Gasteiger partial charge < -0.3 is 9.47 Å². The molecule has 0 radical (unpaired) electrons. The summed E-state index contributed by atoms with van der Waals surface area (Å²) in [6.07, 6.45) is 2.55. The molecule has 5 heteroatoms. The van der Waals surface area contributed by atoms with E-state index in [2.05, 4.69) is 5.10 Å². The van der Waals surface area contributed by atoms with E-state index in [0.29, 0.717) is 29.3 Å². The Morgan fingerprint density at radius 1 is 1.25 bits per heavy atom. The van der Waals surface area contributed by atoms with Crippen LogP contribution in [0, 0.1) is 0 Å². The fourth-order valence-corrected chi connectivity index (χ4v) is 2.12. The van der Waals surface area contributed by atoms with Crippen molar-refractivity contribution in [3.63, 3.8) is 0 Å². The van der Waals surface area contributed by atoms with Crippen LogP contribution < -0.4 is 9.47 Å². The molecule has 0 aliphatic carbocycles. The quantitative estimate of drug-likeness (QED) is 0.760. The Kier molecular flexibility index (Phi) is 4.40. The molecule has 0 amide bonds. The first kappa shape index (κ1) is 14.1. The number of carbonyl (C=O) groups is 1. The van der Waals surface area contributed by atoms with Crippen LogP contribution >= 0.6 is 0 Å². The first-order valence-corrected chi connectivity index (χ1v) is 6.50. The number of ketones is 1.